The molecule has 3 saturated heterocycles. The Balaban J connectivity index is 1.75. The second kappa shape index (κ2) is 10.4. The fraction of sp³-hybridized carbons (Fsp3) is 0.958. The topological polar surface area (TPSA) is 89.2 Å². The van der Waals surface area contributed by atoms with Crippen LogP contribution in [0.2, 0.25) is 36.3 Å². The molecule has 7 nitrogen and oxygen atoms in total. The van der Waals surface area contributed by atoms with Crippen molar-refractivity contribution in [1.82, 2.24) is 0 Å². The maximum absolute atomic E-state index is 11.9. The van der Waals surface area contributed by atoms with E-state index in [-0.39, 0.29) is 60.1 Å². The Bertz CT molecular complexity index is 672. The molecular weight excluding hydrogens is 454 g/mol. The lowest BCUT2D eigenvalue weighted by molar-refractivity contribution is -0.204. The van der Waals surface area contributed by atoms with Crippen LogP contribution in [0.25, 0.3) is 0 Å². The van der Waals surface area contributed by atoms with Crippen LogP contribution in [0.15, 0.2) is 0 Å². The maximum atomic E-state index is 11.9. The number of rotatable bonds is 9. The van der Waals surface area contributed by atoms with Gasteiger partial charge in [-0.25, -0.2) is 0 Å². The first-order valence-electron chi connectivity index (χ1n) is 12.9. The molecular formula is C24H47NO6Si2. The molecule has 3 heterocycles. The van der Waals surface area contributed by atoms with Gasteiger partial charge in [0.2, 0.25) is 0 Å². The van der Waals surface area contributed by atoms with Crippen LogP contribution in [0, 0.1) is 0 Å². The van der Waals surface area contributed by atoms with Crippen LogP contribution >= 0.6 is 0 Å². The van der Waals surface area contributed by atoms with E-state index in [0.717, 1.165) is 24.6 Å². The SMILES string of the molecule is CC[Si](CC)(CC)OC(CO[Si](C)(C)C(C)(C)C)C1C[C@H]2O[C@@H]3[C@H](C[C@H]2O1)OC(=O)C[C@@H]3N. The predicted octanol–water partition coefficient (Wildman–Crippen LogP) is 4.36. The highest BCUT2D eigenvalue weighted by Crippen LogP contribution is 2.41. The molecule has 0 aromatic heterocycles. The molecule has 9 heteroatoms. The summed E-state index contributed by atoms with van der Waals surface area (Å²) < 4.78 is 32.1. The quantitative estimate of drug-likeness (QED) is 0.371. The fourth-order valence-corrected chi connectivity index (χ4v) is 8.93. The molecule has 3 rings (SSSR count). The van der Waals surface area contributed by atoms with Gasteiger partial charge in [0.25, 0.3) is 0 Å². The minimum atomic E-state index is -1.93. The van der Waals surface area contributed by atoms with E-state index in [1.165, 1.54) is 0 Å². The van der Waals surface area contributed by atoms with Crippen molar-refractivity contribution in [2.24, 2.45) is 5.73 Å². The monoisotopic (exact) mass is 501 g/mol. The lowest BCUT2D eigenvalue weighted by Crippen LogP contribution is -2.58. The van der Waals surface area contributed by atoms with E-state index < -0.39 is 16.6 Å². The molecule has 0 aromatic rings. The summed E-state index contributed by atoms with van der Waals surface area (Å²) in [6.07, 6.45) is 0.705. The fourth-order valence-electron chi connectivity index (χ4n) is 5.05. The lowest BCUT2D eigenvalue weighted by atomic mass is 9.90. The molecule has 0 amide bonds. The summed E-state index contributed by atoms with van der Waals surface area (Å²) >= 11 is 0. The number of fused-ring (bicyclic) bond motifs is 2. The molecule has 2 N–H and O–H groups in total. The lowest BCUT2D eigenvalue weighted by Gasteiger charge is -2.42. The Morgan fingerprint density at radius 1 is 1.03 bits per heavy atom. The molecule has 192 valence electrons. The van der Waals surface area contributed by atoms with Gasteiger partial charge < -0.3 is 28.8 Å². The van der Waals surface area contributed by atoms with Crippen LogP contribution in [-0.2, 0) is 27.9 Å². The Morgan fingerprint density at radius 3 is 2.21 bits per heavy atom. The second-order valence-electron chi connectivity index (χ2n) is 11.7. The van der Waals surface area contributed by atoms with Gasteiger partial charge in [-0.05, 0) is 36.3 Å². The van der Waals surface area contributed by atoms with Gasteiger partial charge in [-0.15, -0.1) is 0 Å². The first-order valence-corrected chi connectivity index (χ1v) is 18.4. The van der Waals surface area contributed by atoms with Gasteiger partial charge in [-0.2, -0.15) is 0 Å². The van der Waals surface area contributed by atoms with E-state index in [4.69, 9.17) is 28.8 Å². The van der Waals surface area contributed by atoms with E-state index in [1.807, 2.05) is 0 Å². The Morgan fingerprint density at radius 2 is 1.64 bits per heavy atom. The van der Waals surface area contributed by atoms with Gasteiger partial charge in [0.15, 0.2) is 16.6 Å². The number of hydrogen-bond donors (Lipinski definition) is 1. The summed E-state index contributed by atoms with van der Waals surface area (Å²) in [5.74, 6) is -0.242. The van der Waals surface area contributed by atoms with Crippen LogP contribution in [0.5, 0.6) is 0 Å². The molecule has 0 spiro atoms. The van der Waals surface area contributed by atoms with Crippen molar-refractivity contribution in [2.45, 2.75) is 140 Å². The number of ether oxygens (including phenoxy) is 3. The molecule has 3 aliphatic rings. The summed E-state index contributed by atoms with van der Waals surface area (Å²) in [6, 6.07) is 2.94. The Kier molecular flexibility index (Phi) is 8.57. The first kappa shape index (κ1) is 27.3. The van der Waals surface area contributed by atoms with E-state index >= 15 is 0 Å². The van der Waals surface area contributed by atoms with Crippen molar-refractivity contribution in [3.8, 4) is 0 Å². The first-order chi connectivity index (χ1) is 15.3. The molecule has 0 aliphatic carbocycles. The smallest absolute Gasteiger partial charge is 0.307 e. The standard InChI is InChI=1S/C24H47NO6Si2/c1-9-33(10-2,11-3)31-21(15-27-32(7,8)24(4,5)6)19-13-18-17(28-19)14-20-23(30-18)16(25)12-22(26)29-20/h16-21,23H,9-15,25H2,1-8H3/t16-,17+,18+,19?,20-,21?,23-/m0/s1. The van der Waals surface area contributed by atoms with E-state index in [0.29, 0.717) is 13.0 Å². The predicted molar refractivity (Wildman–Crippen MR) is 134 cm³/mol. The molecule has 7 atom stereocenters. The average Bonchev–Trinajstić information content (AvgIpc) is 3.15. The minimum Gasteiger partial charge on any atom is -0.459 e. The molecule has 0 saturated carbocycles. The molecule has 3 fully saturated rings. The van der Waals surface area contributed by atoms with E-state index in [2.05, 4.69) is 54.6 Å². The number of esters is 1. The van der Waals surface area contributed by atoms with E-state index in [1.54, 1.807) is 0 Å². The molecule has 0 radical (unpaired) electrons. The number of nitrogens with two attached hydrogens (primary N) is 1. The molecule has 2 unspecified atom stereocenters. The second-order valence-corrected chi connectivity index (χ2v) is 21.2. The number of carbonyl (C=O) groups excluding carboxylic acids is 1. The zero-order valence-electron chi connectivity index (χ0n) is 22.0. The van der Waals surface area contributed by atoms with Crippen LogP contribution in [-0.4, -0.2) is 71.9 Å². The largest absolute Gasteiger partial charge is 0.459 e. The van der Waals surface area contributed by atoms with Crippen molar-refractivity contribution >= 4 is 22.6 Å². The third-order valence-electron chi connectivity index (χ3n) is 8.66. The van der Waals surface area contributed by atoms with Crippen LogP contribution in [0.4, 0.5) is 0 Å². The van der Waals surface area contributed by atoms with Crippen molar-refractivity contribution in [3.63, 3.8) is 0 Å². The van der Waals surface area contributed by atoms with Gasteiger partial charge in [-0.3, -0.25) is 4.79 Å². The van der Waals surface area contributed by atoms with Crippen molar-refractivity contribution in [1.29, 1.82) is 0 Å². The number of hydrogen-bond acceptors (Lipinski definition) is 7. The van der Waals surface area contributed by atoms with Gasteiger partial charge in [-0.1, -0.05) is 41.5 Å². The highest BCUT2D eigenvalue weighted by atomic mass is 28.4. The molecule has 0 bridgehead atoms. The molecule has 33 heavy (non-hydrogen) atoms. The minimum absolute atomic E-state index is 0.0426. The zero-order valence-corrected chi connectivity index (χ0v) is 24.0. The van der Waals surface area contributed by atoms with Crippen LogP contribution in [0.3, 0.4) is 0 Å². The van der Waals surface area contributed by atoms with Gasteiger partial charge in [0.05, 0.1) is 37.4 Å². The Labute approximate surface area is 202 Å². The normalized spacial score (nSPS) is 33.9. The van der Waals surface area contributed by atoms with Crippen LogP contribution < -0.4 is 5.73 Å². The van der Waals surface area contributed by atoms with Crippen molar-refractivity contribution < 1.29 is 27.9 Å². The van der Waals surface area contributed by atoms with Gasteiger partial charge >= 0.3 is 5.97 Å². The summed E-state index contributed by atoms with van der Waals surface area (Å²) in [6.45, 7) is 18.7. The average molecular weight is 502 g/mol. The Hall–Kier alpha value is -0.296. The number of carbonyl (C=O) groups is 1. The molecule has 0 aromatic carbocycles. The zero-order chi connectivity index (χ0) is 24.6. The summed E-state index contributed by atoms with van der Waals surface area (Å²) in [4.78, 5) is 11.9. The third kappa shape index (κ3) is 5.93. The van der Waals surface area contributed by atoms with E-state index in [9.17, 15) is 4.79 Å². The van der Waals surface area contributed by atoms with Crippen molar-refractivity contribution in [3.05, 3.63) is 0 Å². The highest BCUT2D eigenvalue weighted by molar-refractivity contribution is 6.74. The van der Waals surface area contributed by atoms with Gasteiger partial charge in [0.1, 0.15) is 12.2 Å². The summed E-state index contributed by atoms with van der Waals surface area (Å²) in [7, 11) is -3.80. The van der Waals surface area contributed by atoms with Gasteiger partial charge in [0, 0.05) is 18.9 Å². The maximum Gasteiger partial charge on any atom is 0.307 e. The highest BCUT2D eigenvalue weighted by Gasteiger charge is 2.52. The van der Waals surface area contributed by atoms with Crippen molar-refractivity contribution in [2.75, 3.05) is 6.61 Å². The third-order valence-corrected chi connectivity index (χ3v) is 17.8. The van der Waals surface area contributed by atoms with Crippen LogP contribution in [0.1, 0.15) is 60.8 Å². The summed E-state index contributed by atoms with van der Waals surface area (Å²) in [5, 5.41) is 0.135. The molecule has 3 aliphatic heterocycles. The summed E-state index contributed by atoms with van der Waals surface area (Å²) in [5.41, 5.74) is 6.23.